The molecule has 0 heterocycles. The van der Waals surface area contributed by atoms with Crippen molar-refractivity contribution >= 4 is 28.9 Å². The molecule has 0 radical (unpaired) electrons. The van der Waals surface area contributed by atoms with Crippen molar-refractivity contribution in [3.8, 4) is 0 Å². The molecule has 0 aliphatic rings. The van der Waals surface area contributed by atoms with E-state index in [-0.39, 0.29) is 0 Å². The lowest BCUT2D eigenvalue weighted by Crippen LogP contribution is -1.91. The molecular formula is C8H9Cl2N. The van der Waals surface area contributed by atoms with Crippen molar-refractivity contribution in [1.82, 2.24) is 0 Å². The van der Waals surface area contributed by atoms with Crippen LogP contribution in [0.1, 0.15) is 11.1 Å². The summed E-state index contributed by atoms with van der Waals surface area (Å²) in [6.45, 7) is 3.76. The highest BCUT2D eigenvalue weighted by molar-refractivity contribution is 6.38. The molecule has 1 nitrogen and oxygen atoms in total. The molecule has 0 saturated heterocycles. The van der Waals surface area contributed by atoms with Gasteiger partial charge in [-0.25, -0.2) is 0 Å². The summed E-state index contributed by atoms with van der Waals surface area (Å²) in [5.41, 5.74) is 8.01. The van der Waals surface area contributed by atoms with Gasteiger partial charge in [-0.2, -0.15) is 0 Å². The van der Waals surface area contributed by atoms with Crippen molar-refractivity contribution in [1.29, 1.82) is 0 Å². The Bertz CT molecular complexity index is 268. The number of hydrogen-bond donors (Lipinski definition) is 1. The third-order valence-electron chi connectivity index (χ3n) is 1.63. The SMILES string of the molecule is Cc1cc(N)c(Cl)c(C)c1Cl. The molecule has 1 aromatic carbocycles. The Hall–Kier alpha value is -0.400. The van der Waals surface area contributed by atoms with Crippen LogP contribution in [0.3, 0.4) is 0 Å². The van der Waals surface area contributed by atoms with Crippen LogP contribution < -0.4 is 5.73 Å². The second-order valence-electron chi connectivity index (χ2n) is 2.54. The quantitative estimate of drug-likeness (QED) is 0.624. The Kier molecular flexibility index (Phi) is 2.31. The molecule has 0 saturated carbocycles. The molecule has 0 fully saturated rings. The summed E-state index contributed by atoms with van der Waals surface area (Å²) in [5.74, 6) is 0. The van der Waals surface area contributed by atoms with Gasteiger partial charge in [0.15, 0.2) is 0 Å². The zero-order chi connectivity index (χ0) is 8.59. The van der Waals surface area contributed by atoms with Gasteiger partial charge in [0.05, 0.1) is 10.7 Å². The largest absolute Gasteiger partial charge is 0.398 e. The lowest BCUT2D eigenvalue weighted by Gasteiger charge is -2.06. The van der Waals surface area contributed by atoms with Crippen molar-refractivity contribution < 1.29 is 0 Å². The van der Waals surface area contributed by atoms with Gasteiger partial charge in [0, 0.05) is 5.02 Å². The second-order valence-corrected chi connectivity index (χ2v) is 3.29. The van der Waals surface area contributed by atoms with Gasteiger partial charge in [-0.1, -0.05) is 23.2 Å². The number of benzene rings is 1. The van der Waals surface area contributed by atoms with Gasteiger partial charge in [-0.05, 0) is 31.0 Å². The molecule has 1 rings (SSSR count). The predicted octanol–water partition coefficient (Wildman–Crippen LogP) is 3.19. The number of halogens is 2. The predicted molar refractivity (Wildman–Crippen MR) is 50.3 cm³/mol. The van der Waals surface area contributed by atoms with Gasteiger partial charge in [0.2, 0.25) is 0 Å². The van der Waals surface area contributed by atoms with E-state index in [1.54, 1.807) is 6.07 Å². The fourth-order valence-corrected chi connectivity index (χ4v) is 1.32. The Morgan fingerprint density at radius 2 is 1.73 bits per heavy atom. The summed E-state index contributed by atoms with van der Waals surface area (Å²) in [6, 6.07) is 1.78. The summed E-state index contributed by atoms with van der Waals surface area (Å²) >= 11 is 11.8. The van der Waals surface area contributed by atoms with Crippen LogP contribution in [0.15, 0.2) is 6.07 Å². The van der Waals surface area contributed by atoms with Gasteiger partial charge in [0.1, 0.15) is 0 Å². The molecule has 60 valence electrons. The van der Waals surface area contributed by atoms with Crippen molar-refractivity contribution in [2.45, 2.75) is 13.8 Å². The van der Waals surface area contributed by atoms with E-state index in [0.29, 0.717) is 15.7 Å². The first-order valence-corrected chi connectivity index (χ1v) is 4.00. The standard InChI is InChI=1S/C8H9Cl2N/c1-4-3-6(11)8(10)5(2)7(4)9/h3H,11H2,1-2H3. The van der Waals surface area contributed by atoms with Crippen LogP contribution >= 0.6 is 23.2 Å². The topological polar surface area (TPSA) is 26.0 Å². The van der Waals surface area contributed by atoms with E-state index in [2.05, 4.69) is 0 Å². The number of aryl methyl sites for hydroxylation is 1. The number of anilines is 1. The minimum atomic E-state index is 0.556. The third kappa shape index (κ3) is 1.44. The maximum absolute atomic E-state index is 5.91. The van der Waals surface area contributed by atoms with Crippen LogP contribution in [-0.2, 0) is 0 Å². The van der Waals surface area contributed by atoms with E-state index in [1.807, 2.05) is 13.8 Å². The van der Waals surface area contributed by atoms with E-state index in [1.165, 1.54) is 0 Å². The normalized spacial score (nSPS) is 10.2. The van der Waals surface area contributed by atoms with E-state index < -0.39 is 0 Å². The first-order valence-electron chi connectivity index (χ1n) is 3.24. The first kappa shape index (κ1) is 8.69. The van der Waals surface area contributed by atoms with Crippen LogP contribution in [0.25, 0.3) is 0 Å². The Morgan fingerprint density at radius 1 is 1.18 bits per heavy atom. The third-order valence-corrected chi connectivity index (χ3v) is 2.71. The lowest BCUT2D eigenvalue weighted by atomic mass is 10.1. The number of nitrogen functional groups attached to an aromatic ring is 1. The summed E-state index contributed by atoms with van der Waals surface area (Å²) in [6.07, 6.45) is 0. The number of rotatable bonds is 0. The highest BCUT2D eigenvalue weighted by Crippen LogP contribution is 2.31. The van der Waals surface area contributed by atoms with E-state index in [4.69, 9.17) is 28.9 Å². The van der Waals surface area contributed by atoms with Crippen LogP contribution in [0, 0.1) is 13.8 Å². The van der Waals surface area contributed by atoms with E-state index >= 15 is 0 Å². The van der Waals surface area contributed by atoms with E-state index in [0.717, 1.165) is 11.1 Å². The van der Waals surface area contributed by atoms with Gasteiger partial charge in [-0.15, -0.1) is 0 Å². The zero-order valence-corrected chi connectivity index (χ0v) is 7.92. The number of nitrogens with two attached hydrogens (primary N) is 1. The fourth-order valence-electron chi connectivity index (χ4n) is 0.969. The molecule has 0 unspecified atom stereocenters. The molecule has 0 amide bonds. The summed E-state index contributed by atoms with van der Waals surface area (Å²) in [4.78, 5) is 0. The molecular weight excluding hydrogens is 181 g/mol. The zero-order valence-electron chi connectivity index (χ0n) is 6.41. The highest BCUT2D eigenvalue weighted by Gasteiger charge is 2.06. The van der Waals surface area contributed by atoms with Gasteiger partial charge >= 0.3 is 0 Å². The Balaban J connectivity index is 3.46. The average molecular weight is 190 g/mol. The molecule has 11 heavy (non-hydrogen) atoms. The fraction of sp³-hybridized carbons (Fsp3) is 0.250. The summed E-state index contributed by atoms with van der Waals surface area (Å²) in [5, 5.41) is 1.25. The molecule has 0 bridgehead atoms. The van der Waals surface area contributed by atoms with Crippen molar-refractivity contribution in [3.05, 3.63) is 27.2 Å². The van der Waals surface area contributed by atoms with E-state index in [9.17, 15) is 0 Å². The van der Waals surface area contributed by atoms with Crippen LogP contribution in [-0.4, -0.2) is 0 Å². The molecule has 0 aromatic heterocycles. The monoisotopic (exact) mass is 189 g/mol. The van der Waals surface area contributed by atoms with Gasteiger partial charge in [0.25, 0.3) is 0 Å². The molecule has 0 aliphatic carbocycles. The van der Waals surface area contributed by atoms with Gasteiger partial charge < -0.3 is 5.73 Å². The van der Waals surface area contributed by atoms with Crippen molar-refractivity contribution in [2.24, 2.45) is 0 Å². The minimum absolute atomic E-state index is 0.556. The van der Waals surface area contributed by atoms with Crippen molar-refractivity contribution in [2.75, 3.05) is 5.73 Å². The molecule has 2 N–H and O–H groups in total. The summed E-state index contributed by atoms with van der Waals surface area (Å²) < 4.78 is 0. The highest BCUT2D eigenvalue weighted by atomic mass is 35.5. The smallest absolute Gasteiger partial charge is 0.0679 e. The van der Waals surface area contributed by atoms with Crippen molar-refractivity contribution in [3.63, 3.8) is 0 Å². The average Bonchev–Trinajstić information content (AvgIpc) is 1.97. The maximum Gasteiger partial charge on any atom is 0.0679 e. The molecule has 1 aromatic rings. The minimum Gasteiger partial charge on any atom is -0.398 e. The summed E-state index contributed by atoms with van der Waals surface area (Å²) in [7, 11) is 0. The van der Waals surface area contributed by atoms with Gasteiger partial charge in [-0.3, -0.25) is 0 Å². The van der Waals surface area contributed by atoms with Crippen LogP contribution in [0.4, 0.5) is 5.69 Å². The lowest BCUT2D eigenvalue weighted by molar-refractivity contribution is 1.39. The molecule has 0 aliphatic heterocycles. The molecule has 0 spiro atoms. The van der Waals surface area contributed by atoms with Crippen LogP contribution in [0.5, 0.6) is 0 Å². The first-order chi connectivity index (χ1) is 5.04. The molecule has 3 heteroatoms. The molecule has 0 atom stereocenters. The second kappa shape index (κ2) is 2.92. The maximum atomic E-state index is 5.91. The van der Waals surface area contributed by atoms with Crippen LogP contribution in [0.2, 0.25) is 10.0 Å². The Labute approximate surface area is 76.1 Å². The Morgan fingerprint density at radius 3 is 2.27 bits per heavy atom. The number of hydrogen-bond acceptors (Lipinski definition) is 1.